The fourth-order valence-corrected chi connectivity index (χ4v) is 2.52. The van der Waals surface area contributed by atoms with Crippen molar-refractivity contribution in [1.29, 1.82) is 0 Å². The van der Waals surface area contributed by atoms with Gasteiger partial charge in [-0.05, 0) is 37.4 Å². The van der Waals surface area contributed by atoms with Crippen LogP contribution in [-0.2, 0) is 6.54 Å². The van der Waals surface area contributed by atoms with E-state index in [1.54, 1.807) is 7.11 Å². The Labute approximate surface area is 114 Å². The van der Waals surface area contributed by atoms with Gasteiger partial charge in [-0.25, -0.2) is 4.98 Å². The van der Waals surface area contributed by atoms with E-state index in [9.17, 15) is 0 Å². The second-order valence-corrected chi connectivity index (χ2v) is 5.26. The molecule has 1 fully saturated rings. The van der Waals surface area contributed by atoms with E-state index in [0.29, 0.717) is 0 Å². The first-order chi connectivity index (χ1) is 9.36. The van der Waals surface area contributed by atoms with Gasteiger partial charge in [-0.1, -0.05) is 24.6 Å². The molecule has 1 aliphatic carbocycles. The lowest BCUT2D eigenvalue weighted by molar-refractivity contribution is 0.301. The molecule has 0 radical (unpaired) electrons. The van der Waals surface area contributed by atoms with Crippen LogP contribution in [0.5, 0.6) is 5.75 Å². The molecule has 1 saturated carbocycles. The summed E-state index contributed by atoms with van der Waals surface area (Å²) in [7, 11) is 1.69. The van der Waals surface area contributed by atoms with E-state index >= 15 is 0 Å². The number of fused-ring (bicyclic) bond motifs is 1. The van der Waals surface area contributed by atoms with Gasteiger partial charge in [0, 0.05) is 11.9 Å². The fourth-order valence-electron chi connectivity index (χ4n) is 2.52. The number of rotatable bonds is 5. The molecule has 0 atom stereocenters. The third-order valence-electron chi connectivity index (χ3n) is 3.92. The fraction of sp³-hybridized carbons (Fsp3) is 0.438. The van der Waals surface area contributed by atoms with Gasteiger partial charge in [-0.2, -0.15) is 0 Å². The Morgan fingerprint density at radius 1 is 1.26 bits per heavy atom. The molecule has 19 heavy (non-hydrogen) atoms. The van der Waals surface area contributed by atoms with Crippen LogP contribution in [0.2, 0.25) is 0 Å². The van der Waals surface area contributed by atoms with E-state index in [-0.39, 0.29) is 0 Å². The number of nitrogens with one attached hydrogen (secondary N) is 1. The summed E-state index contributed by atoms with van der Waals surface area (Å²) in [5.41, 5.74) is 2.03. The molecule has 1 N–H and O–H groups in total. The van der Waals surface area contributed by atoms with Crippen molar-refractivity contribution in [2.45, 2.75) is 25.8 Å². The lowest BCUT2D eigenvalue weighted by atomic mass is 9.85. The van der Waals surface area contributed by atoms with Crippen molar-refractivity contribution in [2.24, 2.45) is 5.92 Å². The normalized spacial score (nSPS) is 15.4. The Morgan fingerprint density at radius 3 is 2.89 bits per heavy atom. The Morgan fingerprint density at radius 2 is 2.16 bits per heavy atom. The molecule has 0 amide bonds. The van der Waals surface area contributed by atoms with Crippen molar-refractivity contribution in [3.63, 3.8) is 0 Å². The smallest absolute Gasteiger partial charge is 0.145 e. The molecule has 0 spiro atoms. The number of hydrogen-bond donors (Lipinski definition) is 1. The first-order valence-corrected chi connectivity index (χ1v) is 7.00. The molecule has 0 unspecified atom stereocenters. The zero-order chi connectivity index (χ0) is 13.1. The predicted molar refractivity (Wildman–Crippen MR) is 77.3 cm³/mol. The number of ether oxygens (including phenoxy) is 1. The zero-order valence-corrected chi connectivity index (χ0v) is 11.4. The maximum Gasteiger partial charge on any atom is 0.145 e. The van der Waals surface area contributed by atoms with Gasteiger partial charge in [0.05, 0.1) is 12.8 Å². The maximum atomic E-state index is 5.37. The Bertz CT molecular complexity index is 564. The number of benzene rings is 1. The summed E-state index contributed by atoms with van der Waals surface area (Å²) in [6, 6.07) is 10.2. The lowest BCUT2D eigenvalue weighted by Crippen LogP contribution is -2.27. The quantitative estimate of drug-likeness (QED) is 0.892. The van der Waals surface area contributed by atoms with Crippen LogP contribution in [0.4, 0.5) is 0 Å². The number of nitrogens with zero attached hydrogens (tertiary/aromatic N) is 1. The molecule has 0 saturated heterocycles. The third-order valence-corrected chi connectivity index (χ3v) is 3.92. The van der Waals surface area contributed by atoms with Crippen LogP contribution >= 0.6 is 0 Å². The summed E-state index contributed by atoms with van der Waals surface area (Å²) < 4.78 is 5.37. The Kier molecular flexibility index (Phi) is 3.65. The van der Waals surface area contributed by atoms with Gasteiger partial charge in [-0.3, -0.25) is 0 Å². The average molecular weight is 256 g/mol. The first kappa shape index (κ1) is 12.4. The van der Waals surface area contributed by atoms with Crippen molar-refractivity contribution in [3.05, 3.63) is 36.0 Å². The first-order valence-electron chi connectivity index (χ1n) is 7.00. The molecule has 1 aliphatic rings. The van der Waals surface area contributed by atoms with Gasteiger partial charge in [-0.15, -0.1) is 0 Å². The highest BCUT2D eigenvalue weighted by atomic mass is 16.5. The Hall–Kier alpha value is -1.61. The number of para-hydroxylation sites is 1. The van der Waals surface area contributed by atoms with Crippen LogP contribution in [0.3, 0.4) is 0 Å². The molecule has 100 valence electrons. The number of methoxy groups -OCH3 is 1. The van der Waals surface area contributed by atoms with E-state index in [2.05, 4.69) is 23.5 Å². The molecular formula is C16H20N2O. The van der Waals surface area contributed by atoms with Gasteiger partial charge >= 0.3 is 0 Å². The predicted octanol–water partition coefficient (Wildman–Crippen LogP) is 3.13. The monoisotopic (exact) mass is 256 g/mol. The second-order valence-electron chi connectivity index (χ2n) is 5.26. The SMILES string of the molecule is COc1cccc2ccc(CNCC3CCC3)nc12. The van der Waals surface area contributed by atoms with Gasteiger partial charge < -0.3 is 10.1 Å². The molecule has 0 aliphatic heterocycles. The van der Waals surface area contributed by atoms with Crippen LogP contribution in [-0.4, -0.2) is 18.6 Å². The summed E-state index contributed by atoms with van der Waals surface area (Å²) in [6.45, 7) is 1.95. The highest BCUT2D eigenvalue weighted by Gasteiger charge is 2.16. The van der Waals surface area contributed by atoms with Crippen molar-refractivity contribution in [1.82, 2.24) is 10.3 Å². The minimum Gasteiger partial charge on any atom is -0.494 e. The van der Waals surface area contributed by atoms with E-state index in [1.807, 2.05) is 12.1 Å². The van der Waals surface area contributed by atoms with Crippen LogP contribution in [0.1, 0.15) is 25.0 Å². The highest BCUT2D eigenvalue weighted by Crippen LogP contribution is 2.25. The van der Waals surface area contributed by atoms with Gasteiger partial charge in [0.25, 0.3) is 0 Å². The third kappa shape index (κ3) is 2.71. The van der Waals surface area contributed by atoms with Gasteiger partial charge in [0.1, 0.15) is 11.3 Å². The van der Waals surface area contributed by atoms with E-state index in [4.69, 9.17) is 9.72 Å². The minimum atomic E-state index is 0.838. The molecular weight excluding hydrogens is 236 g/mol. The molecule has 2 aromatic rings. The standard InChI is InChI=1S/C16H20N2O/c1-19-15-7-3-6-13-8-9-14(18-16(13)15)11-17-10-12-4-2-5-12/h3,6-9,12,17H,2,4-5,10-11H2,1H3. The van der Waals surface area contributed by atoms with Crippen LogP contribution in [0.25, 0.3) is 10.9 Å². The van der Waals surface area contributed by atoms with E-state index in [1.165, 1.54) is 19.3 Å². The molecule has 1 aromatic heterocycles. The molecule has 0 bridgehead atoms. The highest BCUT2D eigenvalue weighted by molar-refractivity contribution is 5.84. The van der Waals surface area contributed by atoms with Crippen LogP contribution in [0, 0.1) is 5.92 Å². The molecule has 3 rings (SSSR count). The summed E-state index contributed by atoms with van der Waals surface area (Å²) in [5.74, 6) is 1.73. The maximum absolute atomic E-state index is 5.37. The average Bonchev–Trinajstić information content (AvgIpc) is 2.40. The topological polar surface area (TPSA) is 34.1 Å². The van der Waals surface area contributed by atoms with Gasteiger partial charge in [0.2, 0.25) is 0 Å². The van der Waals surface area contributed by atoms with Crippen molar-refractivity contribution < 1.29 is 4.74 Å². The summed E-state index contributed by atoms with van der Waals surface area (Å²) in [6.07, 6.45) is 4.16. The number of hydrogen-bond acceptors (Lipinski definition) is 3. The molecule has 1 heterocycles. The van der Waals surface area contributed by atoms with Crippen LogP contribution < -0.4 is 10.1 Å². The molecule has 1 aromatic carbocycles. The number of aromatic nitrogens is 1. The largest absolute Gasteiger partial charge is 0.494 e. The lowest BCUT2D eigenvalue weighted by Gasteiger charge is -2.25. The van der Waals surface area contributed by atoms with E-state index < -0.39 is 0 Å². The zero-order valence-electron chi connectivity index (χ0n) is 11.4. The minimum absolute atomic E-state index is 0.838. The summed E-state index contributed by atoms with van der Waals surface area (Å²) >= 11 is 0. The summed E-state index contributed by atoms with van der Waals surface area (Å²) in [4.78, 5) is 4.70. The van der Waals surface area contributed by atoms with E-state index in [0.717, 1.165) is 41.4 Å². The van der Waals surface area contributed by atoms with Crippen LogP contribution in [0.15, 0.2) is 30.3 Å². The number of pyridine rings is 1. The van der Waals surface area contributed by atoms with Crippen molar-refractivity contribution in [2.75, 3.05) is 13.7 Å². The summed E-state index contributed by atoms with van der Waals surface area (Å²) in [5, 5.41) is 4.63. The molecule has 3 nitrogen and oxygen atoms in total. The second kappa shape index (κ2) is 5.57. The van der Waals surface area contributed by atoms with Crippen molar-refractivity contribution in [3.8, 4) is 5.75 Å². The molecule has 3 heteroatoms. The Balaban J connectivity index is 1.72. The van der Waals surface area contributed by atoms with Gasteiger partial charge in [0.15, 0.2) is 0 Å². The van der Waals surface area contributed by atoms with Crippen molar-refractivity contribution >= 4 is 10.9 Å².